The Morgan fingerprint density at radius 2 is 1.91 bits per heavy atom. The Balaban J connectivity index is 1.79. The van der Waals surface area contributed by atoms with E-state index >= 15 is 0 Å². The van der Waals surface area contributed by atoms with E-state index in [1.54, 1.807) is 57.4 Å². The van der Waals surface area contributed by atoms with Gasteiger partial charge in [-0.25, -0.2) is 4.79 Å². The van der Waals surface area contributed by atoms with Gasteiger partial charge in [-0.2, -0.15) is 9.78 Å². The zero-order chi connectivity index (χ0) is 23.6. The molecule has 0 aliphatic heterocycles. The molecule has 166 valence electrons. The van der Waals surface area contributed by atoms with Crippen molar-refractivity contribution in [3.63, 3.8) is 0 Å². The summed E-state index contributed by atoms with van der Waals surface area (Å²) in [6, 6.07) is 12.8. The quantitative estimate of drug-likeness (QED) is 0.412. The van der Waals surface area contributed by atoms with Gasteiger partial charge in [0, 0.05) is 41.1 Å². The van der Waals surface area contributed by atoms with Crippen LogP contribution in [0.4, 0.5) is 4.79 Å². The fraction of sp³-hybridized carbons (Fsp3) is 0.250. The van der Waals surface area contributed by atoms with Crippen molar-refractivity contribution in [2.45, 2.75) is 32.8 Å². The number of nitrogens with zero attached hydrogens (tertiary/aromatic N) is 4. The van der Waals surface area contributed by atoms with Crippen LogP contribution in [0.2, 0.25) is 5.02 Å². The minimum absolute atomic E-state index is 0.166. The summed E-state index contributed by atoms with van der Waals surface area (Å²) >= 11 is 6.38. The van der Waals surface area contributed by atoms with Crippen LogP contribution in [0.5, 0.6) is 5.75 Å². The molecule has 3 heterocycles. The van der Waals surface area contributed by atoms with Crippen molar-refractivity contribution in [3.8, 4) is 17.0 Å². The summed E-state index contributed by atoms with van der Waals surface area (Å²) in [4.78, 5) is 21.6. The van der Waals surface area contributed by atoms with Crippen LogP contribution in [-0.4, -0.2) is 45.9 Å². The number of benzene rings is 1. The number of ether oxygens (including phenoxy) is 2. The number of carbonyl (C=O) groups is 1. The van der Waals surface area contributed by atoms with Crippen molar-refractivity contribution in [2.75, 3.05) is 6.61 Å². The predicted octanol–water partition coefficient (Wildman–Crippen LogP) is 4.35. The van der Waals surface area contributed by atoms with Crippen LogP contribution in [0.15, 0.2) is 54.9 Å². The highest BCUT2D eigenvalue weighted by molar-refractivity contribution is 6.38. The van der Waals surface area contributed by atoms with Gasteiger partial charge in [0.25, 0.3) is 0 Å². The molecule has 9 heteroatoms. The van der Waals surface area contributed by atoms with Crippen molar-refractivity contribution in [3.05, 3.63) is 65.6 Å². The standard InChI is InChI=1S/C24H22BClN4O3/c1-24(2,3)33-23(31)30-21-17(22(25)29-30)13-15(20-18(26)8-6-11-28-20)14-19(21)32-12-9-16-7-4-5-10-27-16/h4-8,10-11,13-14H,9,12H2,1-3H3. The smallest absolute Gasteiger partial charge is 0.435 e. The third kappa shape index (κ3) is 5.17. The highest BCUT2D eigenvalue weighted by atomic mass is 35.5. The second-order valence-corrected chi connectivity index (χ2v) is 8.81. The average Bonchev–Trinajstić information content (AvgIpc) is 3.11. The third-order valence-corrected chi connectivity index (χ3v) is 5.02. The Hall–Kier alpha value is -3.39. The van der Waals surface area contributed by atoms with Gasteiger partial charge in [-0.3, -0.25) is 9.97 Å². The highest BCUT2D eigenvalue weighted by Gasteiger charge is 2.24. The van der Waals surface area contributed by atoms with E-state index in [2.05, 4.69) is 15.1 Å². The Morgan fingerprint density at radius 1 is 1.12 bits per heavy atom. The Labute approximate surface area is 198 Å². The minimum Gasteiger partial charge on any atom is -0.491 e. The zero-order valence-electron chi connectivity index (χ0n) is 18.6. The lowest BCUT2D eigenvalue weighted by molar-refractivity contribution is 0.0522. The molecule has 0 aliphatic rings. The molecule has 0 bridgehead atoms. The van der Waals surface area contributed by atoms with Crippen molar-refractivity contribution in [2.24, 2.45) is 0 Å². The van der Waals surface area contributed by atoms with Crippen LogP contribution >= 0.6 is 11.6 Å². The summed E-state index contributed by atoms with van der Waals surface area (Å²) in [6.45, 7) is 5.67. The van der Waals surface area contributed by atoms with Gasteiger partial charge >= 0.3 is 6.09 Å². The molecule has 4 aromatic rings. The lowest BCUT2D eigenvalue weighted by atomic mass is 9.97. The molecule has 4 rings (SSSR count). The normalized spacial score (nSPS) is 11.5. The van der Waals surface area contributed by atoms with Gasteiger partial charge in [-0.1, -0.05) is 17.7 Å². The summed E-state index contributed by atoms with van der Waals surface area (Å²) < 4.78 is 12.8. The SMILES string of the molecule is [B]c1nn(C(=O)OC(C)(C)C)c2c(OCCc3ccccn3)cc(-c3ncccc3Cl)cc12. The first-order valence-electron chi connectivity index (χ1n) is 10.4. The summed E-state index contributed by atoms with van der Waals surface area (Å²) in [5, 5.41) is 5.25. The predicted molar refractivity (Wildman–Crippen MR) is 128 cm³/mol. The largest absolute Gasteiger partial charge is 0.491 e. The first-order chi connectivity index (χ1) is 15.7. The first kappa shape index (κ1) is 22.8. The molecular weight excluding hydrogens is 439 g/mol. The Bertz CT molecular complexity index is 1300. The molecule has 0 aliphatic carbocycles. The monoisotopic (exact) mass is 460 g/mol. The van der Waals surface area contributed by atoms with Crippen molar-refractivity contribution in [1.82, 2.24) is 19.7 Å². The number of carbonyl (C=O) groups excluding carboxylic acids is 1. The van der Waals surface area contributed by atoms with Crippen LogP contribution in [0.25, 0.3) is 22.2 Å². The van der Waals surface area contributed by atoms with E-state index in [0.29, 0.717) is 46.0 Å². The molecule has 0 fully saturated rings. The topological polar surface area (TPSA) is 79.1 Å². The summed E-state index contributed by atoms with van der Waals surface area (Å²) in [5.41, 5.74) is 2.03. The second kappa shape index (κ2) is 9.23. The van der Waals surface area contributed by atoms with Gasteiger partial charge in [0.2, 0.25) is 0 Å². The lowest BCUT2D eigenvalue weighted by Gasteiger charge is -2.19. The van der Waals surface area contributed by atoms with Crippen LogP contribution in [0.3, 0.4) is 0 Å². The molecule has 2 radical (unpaired) electrons. The molecular formula is C24H22BClN4O3. The molecule has 0 saturated carbocycles. The maximum Gasteiger partial charge on any atom is 0.435 e. The van der Waals surface area contributed by atoms with Gasteiger partial charge in [0.15, 0.2) is 0 Å². The molecule has 0 N–H and O–H groups in total. The number of aromatic nitrogens is 4. The van der Waals surface area contributed by atoms with Crippen molar-refractivity contribution >= 4 is 42.0 Å². The van der Waals surface area contributed by atoms with Gasteiger partial charge in [0.05, 0.1) is 17.3 Å². The maximum absolute atomic E-state index is 12.9. The van der Waals surface area contributed by atoms with E-state index < -0.39 is 11.7 Å². The molecule has 0 saturated heterocycles. The second-order valence-electron chi connectivity index (χ2n) is 8.40. The Kier molecular flexibility index (Phi) is 6.38. The van der Waals surface area contributed by atoms with Gasteiger partial charge in [0.1, 0.15) is 24.7 Å². The highest BCUT2D eigenvalue weighted by Crippen LogP contribution is 2.34. The zero-order valence-corrected chi connectivity index (χ0v) is 19.3. The van der Waals surface area contributed by atoms with Crippen molar-refractivity contribution in [1.29, 1.82) is 0 Å². The molecule has 0 amide bonds. The number of hydrogen-bond donors (Lipinski definition) is 0. The maximum atomic E-state index is 12.9. The summed E-state index contributed by atoms with van der Waals surface area (Å²) in [5.74, 6) is 0.412. The number of halogens is 1. The number of fused-ring (bicyclic) bond motifs is 1. The fourth-order valence-electron chi connectivity index (χ4n) is 3.33. The number of rotatable bonds is 5. The van der Waals surface area contributed by atoms with Crippen LogP contribution < -0.4 is 10.3 Å². The van der Waals surface area contributed by atoms with E-state index in [0.717, 1.165) is 10.4 Å². The summed E-state index contributed by atoms with van der Waals surface area (Å²) in [7, 11) is 6.19. The minimum atomic E-state index is -0.703. The van der Waals surface area contributed by atoms with E-state index in [1.165, 1.54) is 0 Å². The molecule has 0 spiro atoms. The lowest BCUT2D eigenvalue weighted by Crippen LogP contribution is -2.28. The van der Waals surface area contributed by atoms with E-state index in [9.17, 15) is 4.79 Å². The Morgan fingerprint density at radius 3 is 2.61 bits per heavy atom. The first-order valence-corrected chi connectivity index (χ1v) is 10.8. The average molecular weight is 461 g/mol. The molecule has 33 heavy (non-hydrogen) atoms. The van der Waals surface area contributed by atoms with Crippen LogP contribution in [0.1, 0.15) is 26.5 Å². The number of pyridine rings is 2. The van der Waals surface area contributed by atoms with E-state index in [4.69, 9.17) is 28.9 Å². The summed E-state index contributed by atoms with van der Waals surface area (Å²) in [6.07, 6.45) is 3.31. The third-order valence-electron chi connectivity index (χ3n) is 4.71. The molecule has 7 nitrogen and oxygen atoms in total. The van der Waals surface area contributed by atoms with Gasteiger partial charge in [-0.15, -0.1) is 0 Å². The fourth-order valence-corrected chi connectivity index (χ4v) is 3.56. The molecule has 1 aromatic carbocycles. The van der Waals surface area contributed by atoms with Gasteiger partial charge in [-0.05, 0) is 57.2 Å². The van der Waals surface area contributed by atoms with Crippen molar-refractivity contribution < 1.29 is 14.3 Å². The molecule has 3 aromatic heterocycles. The van der Waals surface area contributed by atoms with Crippen LogP contribution in [-0.2, 0) is 11.2 Å². The molecule has 0 unspecified atom stereocenters. The number of hydrogen-bond acceptors (Lipinski definition) is 6. The van der Waals surface area contributed by atoms with Crippen LogP contribution in [0, 0.1) is 0 Å². The van der Waals surface area contributed by atoms with E-state index in [-0.39, 0.29) is 5.59 Å². The van der Waals surface area contributed by atoms with Gasteiger partial charge < -0.3 is 9.47 Å². The van der Waals surface area contributed by atoms with E-state index in [1.807, 2.05) is 18.2 Å². The molecule has 0 atom stereocenters.